The van der Waals surface area contributed by atoms with Crippen molar-refractivity contribution in [3.8, 4) is 0 Å². The molecule has 1 aromatic heterocycles. The molecule has 22 heavy (non-hydrogen) atoms. The molecule has 1 unspecified atom stereocenters. The lowest BCUT2D eigenvalue weighted by Crippen LogP contribution is -2.39. The minimum Gasteiger partial charge on any atom is -0.323 e. The normalized spacial score (nSPS) is 18.3. The number of halogens is 1. The summed E-state index contributed by atoms with van der Waals surface area (Å²) in [6, 6.07) is 9.91. The Morgan fingerprint density at radius 3 is 2.86 bits per heavy atom. The largest absolute Gasteiger partial charge is 0.323 e. The van der Waals surface area contributed by atoms with Crippen LogP contribution in [0.25, 0.3) is 0 Å². The number of amides is 1. The summed E-state index contributed by atoms with van der Waals surface area (Å²) in [7, 11) is 0. The molecule has 5 heteroatoms. The highest BCUT2D eigenvalue weighted by atomic mass is 19.1. The maximum absolute atomic E-state index is 13.0. The Hall–Kier alpha value is -2.27. The fraction of sp³-hybridized carbons (Fsp3) is 0.294. The molecule has 1 N–H and O–H groups in total. The zero-order valence-electron chi connectivity index (χ0n) is 12.2. The molecule has 1 aromatic carbocycles. The molecule has 0 spiro atoms. The van der Waals surface area contributed by atoms with E-state index >= 15 is 0 Å². The molecule has 1 atom stereocenters. The third-order valence-electron chi connectivity index (χ3n) is 3.89. The number of hydrogen-bond acceptors (Lipinski definition) is 3. The van der Waals surface area contributed by atoms with Crippen molar-refractivity contribution in [2.45, 2.75) is 25.4 Å². The van der Waals surface area contributed by atoms with Crippen molar-refractivity contribution in [3.63, 3.8) is 0 Å². The first-order chi connectivity index (χ1) is 10.7. The van der Waals surface area contributed by atoms with Gasteiger partial charge in [-0.05, 0) is 49.2 Å². The number of benzene rings is 1. The van der Waals surface area contributed by atoms with Gasteiger partial charge in [-0.1, -0.05) is 12.1 Å². The van der Waals surface area contributed by atoms with Crippen LogP contribution in [-0.4, -0.2) is 28.4 Å². The molecule has 1 fully saturated rings. The van der Waals surface area contributed by atoms with Gasteiger partial charge >= 0.3 is 0 Å². The van der Waals surface area contributed by atoms with Gasteiger partial charge in [0, 0.05) is 12.7 Å². The summed E-state index contributed by atoms with van der Waals surface area (Å²) in [5.41, 5.74) is 1.73. The number of pyridine rings is 1. The molecule has 114 valence electrons. The topological polar surface area (TPSA) is 45.2 Å². The molecular weight excluding hydrogens is 281 g/mol. The van der Waals surface area contributed by atoms with Crippen LogP contribution in [0.4, 0.5) is 10.1 Å². The highest BCUT2D eigenvalue weighted by Crippen LogP contribution is 2.21. The average molecular weight is 299 g/mol. The lowest BCUT2D eigenvalue weighted by Gasteiger charge is -2.23. The summed E-state index contributed by atoms with van der Waals surface area (Å²) in [6.07, 6.45) is 5.14. The van der Waals surface area contributed by atoms with E-state index in [1.165, 1.54) is 12.1 Å². The van der Waals surface area contributed by atoms with Crippen molar-refractivity contribution in [1.82, 2.24) is 9.88 Å². The van der Waals surface area contributed by atoms with Gasteiger partial charge in [-0.3, -0.25) is 14.7 Å². The van der Waals surface area contributed by atoms with Crippen LogP contribution >= 0.6 is 0 Å². The van der Waals surface area contributed by atoms with E-state index < -0.39 is 0 Å². The van der Waals surface area contributed by atoms with Crippen molar-refractivity contribution < 1.29 is 9.18 Å². The van der Waals surface area contributed by atoms with Crippen molar-refractivity contribution >= 4 is 11.6 Å². The first-order valence-corrected chi connectivity index (χ1v) is 7.42. The molecule has 0 saturated carbocycles. The van der Waals surface area contributed by atoms with E-state index in [1.54, 1.807) is 30.6 Å². The molecule has 2 heterocycles. The van der Waals surface area contributed by atoms with Gasteiger partial charge in [0.2, 0.25) is 5.91 Å². The molecule has 2 aromatic rings. The van der Waals surface area contributed by atoms with E-state index in [0.29, 0.717) is 12.2 Å². The van der Waals surface area contributed by atoms with Crippen molar-refractivity contribution in [2.24, 2.45) is 0 Å². The summed E-state index contributed by atoms with van der Waals surface area (Å²) >= 11 is 0. The van der Waals surface area contributed by atoms with Crippen molar-refractivity contribution in [2.75, 3.05) is 11.9 Å². The molecule has 0 aliphatic carbocycles. The Labute approximate surface area is 129 Å². The first kappa shape index (κ1) is 14.7. The van der Waals surface area contributed by atoms with Gasteiger partial charge in [-0.2, -0.15) is 0 Å². The fourth-order valence-corrected chi connectivity index (χ4v) is 2.80. The Morgan fingerprint density at radius 1 is 1.32 bits per heavy atom. The maximum atomic E-state index is 13.0. The molecular formula is C17H18FN3O. The molecule has 3 rings (SSSR count). The predicted molar refractivity (Wildman–Crippen MR) is 82.7 cm³/mol. The molecule has 0 radical (unpaired) electrons. The summed E-state index contributed by atoms with van der Waals surface area (Å²) in [5.74, 6) is -0.247. The van der Waals surface area contributed by atoms with Crippen LogP contribution in [0.1, 0.15) is 18.4 Å². The van der Waals surface area contributed by atoms with Crippen LogP contribution < -0.4 is 5.32 Å². The zero-order valence-corrected chi connectivity index (χ0v) is 12.2. The zero-order chi connectivity index (χ0) is 15.4. The molecule has 1 saturated heterocycles. The van der Waals surface area contributed by atoms with Gasteiger partial charge in [0.25, 0.3) is 0 Å². The second-order valence-electron chi connectivity index (χ2n) is 5.49. The lowest BCUT2D eigenvalue weighted by atomic mass is 10.1. The number of rotatable bonds is 4. The highest BCUT2D eigenvalue weighted by Gasteiger charge is 2.30. The van der Waals surface area contributed by atoms with Gasteiger partial charge in [0.05, 0.1) is 17.9 Å². The molecule has 1 amide bonds. The molecule has 0 bridgehead atoms. The average Bonchev–Trinajstić information content (AvgIpc) is 2.99. The molecule has 4 nitrogen and oxygen atoms in total. The standard InChI is InChI=1S/C17H18FN3O/c18-14-7-5-13(6-8-14)12-21-10-2-4-16(21)17(22)20-15-3-1-9-19-11-15/h1,3,5-9,11,16H,2,4,10,12H2,(H,20,22). The summed E-state index contributed by atoms with van der Waals surface area (Å²) in [4.78, 5) is 18.6. The van der Waals surface area contributed by atoms with Crippen molar-refractivity contribution in [3.05, 3.63) is 60.2 Å². The van der Waals surface area contributed by atoms with Gasteiger partial charge in [-0.15, -0.1) is 0 Å². The van der Waals surface area contributed by atoms with Crippen LogP contribution in [0.3, 0.4) is 0 Å². The van der Waals surface area contributed by atoms with E-state index in [0.717, 1.165) is 24.9 Å². The Morgan fingerprint density at radius 2 is 2.14 bits per heavy atom. The summed E-state index contributed by atoms with van der Waals surface area (Å²) < 4.78 is 13.0. The smallest absolute Gasteiger partial charge is 0.241 e. The number of anilines is 1. The van der Waals surface area contributed by atoms with E-state index in [9.17, 15) is 9.18 Å². The number of aromatic nitrogens is 1. The van der Waals surface area contributed by atoms with Crippen molar-refractivity contribution in [1.29, 1.82) is 0 Å². The van der Waals surface area contributed by atoms with E-state index in [1.807, 2.05) is 6.07 Å². The Kier molecular flexibility index (Phi) is 4.44. The van der Waals surface area contributed by atoms with Gasteiger partial charge < -0.3 is 5.32 Å². The Balaban J connectivity index is 1.65. The number of hydrogen-bond donors (Lipinski definition) is 1. The van der Waals surface area contributed by atoms with Crippen LogP contribution in [0.15, 0.2) is 48.8 Å². The number of nitrogens with one attached hydrogen (secondary N) is 1. The quantitative estimate of drug-likeness (QED) is 0.944. The predicted octanol–water partition coefficient (Wildman–Crippen LogP) is 2.82. The van der Waals surface area contributed by atoms with E-state index in [-0.39, 0.29) is 17.8 Å². The van der Waals surface area contributed by atoms with Crippen LogP contribution in [-0.2, 0) is 11.3 Å². The molecule has 1 aliphatic rings. The summed E-state index contributed by atoms with van der Waals surface area (Å²) in [5, 5.41) is 2.91. The van der Waals surface area contributed by atoms with Crippen LogP contribution in [0, 0.1) is 5.82 Å². The third-order valence-corrected chi connectivity index (χ3v) is 3.89. The second-order valence-corrected chi connectivity index (χ2v) is 5.49. The number of carbonyl (C=O) groups is 1. The Bertz CT molecular complexity index is 630. The van der Waals surface area contributed by atoms with Crippen LogP contribution in [0.2, 0.25) is 0 Å². The number of likely N-dealkylation sites (tertiary alicyclic amines) is 1. The minimum atomic E-state index is -0.240. The highest BCUT2D eigenvalue weighted by molar-refractivity contribution is 5.94. The van der Waals surface area contributed by atoms with Gasteiger partial charge in [0.15, 0.2) is 0 Å². The minimum absolute atomic E-state index is 0.00684. The van der Waals surface area contributed by atoms with E-state index in [2.05, 4.69) is 15.2 Å². The summed E-state index contributed by atoms with van der Waals surface area (Å²) in [6.45, 7) is 1.54. The third kappa shape index (κ3) is 3.49. The fourth-order valence-electron chi connectivity index (χ4n) is 2.80. The lowest BCUT2D eigenvalue weighted by molar-refractivity contribution is -0.120. The molecule has 1 aliphatic heterocycles. The van der Waals surface area contributed by atoms with Gasteiger partial charge in [0.1, 0.15) is 5.82 Å². The SMILES string of the molecule is O=C(Nc1cccnc1)C1CCCN1Cc1ccc(F)cc1. The van der Waals surface area contributed by atoms with Crippen LogP contribution in [0.5, 0.6) is 0 Å². The first-order valence-electron chi connectivity index (χ1n) is 7.42. The maximum Gasteiger partial charge on any atom is 0.241 e. The number of nitrogens with zero attached hydrogens (tertiary/aromatic N) is 2. The second kappa shape index (κ2) is 6.66. The van der Waals surface area contributed by atoms with Gasteiger partial charge in [-0.25, -0.2) is 4.39 Å². The van der Waals surface area contributed by atoms with E-state index in [4.69, 9.17) is 0 Å². The monoisotopic (exact) mass is 299 g/mol. The number of carbonyl (C=O) groups excluding carboxylic acids is 1.